The number of H-pyrrole nitrogens is 1. The number of hydrogen-bond acceptors (Lipinski definition) is 2. The van der Waals surface area contributed by atoms with Crippen molar-refractivity contribution in [2.45, 2.75) is 13.3 Å². The summed E-state index contributed by atoms with van der Waals surface area (Å²) in [5.74, 6) is 6.58. The van der Waals surface area contributed by atoms with Crippen LogP contribution in [0.3, 0.4) is 0 Å². The number of fused-ring (bicyclic) bond motifs is 1. The fraction of sp³-hybridized carbons (Fsp3) is 0.167. The van der Waals surface area contributed by atoms with E-state index in [0.29, 0.717) is 0 Å². The van der Waals surface area contributed by atoms with Gasteiger partial charge >= 0.3 is 0 Å². The molecule has 0 fully saturated rings. The molecule has 1 aromatic heterocycles. The van der Waals surface area contributed by atoms with Crippen molar-refractivity contribution in [3.63, 3.8) is 0 Å². The second-order valence-corrected chi connectivity index (χ2v) is 3.23. The van der Waals surface area contributed by atoms with Gasteiger partial charge < -0.3 is 9.78 Å². The summed E-state index contributed by atoms with van der Waals surface area (Å²) in [5, 5.41) is 0. The number of aldehydes is 1. The maximum Gasteiger partial charge on any atom is 0.131 e. The molecule has 1 N–H and O–H groups in total. The summed E-state index contributed by atoms with van der Waals surface area (Å²) < 4.78 is 0. The van der Waals surface area contributed by atoms with E-state index >= 15 is 0 Å². The van der Waals surface area contributed by atoms with E-state index in [1.807, 2.05) is 25.1 Å². The van der Waals surface area contributed by atoms with Gasteiger partial charge in [-0.1, -0.05) is 11.8 Å². The minimum Gasteiger partial charge on any atom is -0.342 e. The van der Waals surface area contributed by atoms with Crippen LogP contribution in [0.15, 0.2) is 18.2 Å². The first kappa shape index (κ1) is 9.47. The molecule has 0 spiro atoms. The highest BCUT2D eigenvalue weighted by Crippen LogP contribution is 2.12. The van der Waals surface area contributed by atoms with Crippen LogP contribution >= 0.6 is 0 Å². The molecule has 0 amide bonds. The van der Waals surface area contributed by atoms with Gasteiger partial charge in [0.25, 0.3) is 0 Å². The number of rotatable bonds is 1. The van der Waals surface area contributed by atoms with Gasteiger partial charge in [-0.25, -0.2) is 4.98 Å². The number of nitrogens with one attached hydrogen (secondary N) is 1. The predicted octanol–water partition coefficient (Wildman–Crippen LogP) is 1.81. The lowest BCUT2D eigenvalue weighted by atomic mass is 10.2. The summed E-state index contributed by atoms with van der Waals surface area (Å²) >= 11 is 0. The average Bonchev–Trinajstić information content (AvgIpc) is 2.57. The molecule has 0 aliphatic carbocycles. The number of nitrogens with zero attached hydrogens (tertiary/aromatic N) is 1. The average molecular weight is 198 g/mol. The molecule has 0 unspecified atom stereocenters. The molecule has 0 aliphatic heterocycles. The Bertz CT molecular complexity index is 558. The molecule has 74 valence electrons. The summed E-state index contributed by atoms with van der Waals surface area (Å²) in [6, 6.07) is 5.76. The van der Waals surface area contributed by atoms with Crippen LogP contribution in [-0.2, 0) is 4.79 Å². The van der Waals surface area contributed by atoms with Crippen molar-refractivity contribution < 1.29 is 4.79 Å². The molecule has 0 saturated carbocycles. The van der Waals surface area contributed by atoms with E-state index in [0.717, 1.165) is 28.7 Å². The van der Waals surface area contributed by atoms with Crippen LogP contribution in [-0.4, -0.2) is 16.3 Å². The molecule has 0 radical (unpaired) electrons. The highest BCUT2D eigenvalue weighted by molar-refractivity contribution is 5.76. The summed E-state index contributed by atoms with van der Waals surface area (Å²) in [5.41, 5.74) is 2.81. The maximum atomic E-state index is 10.1. The van der Waals surface area contributed by atoms with Gasteiger partial charge in [0.2, 0.25) is 0 Å². The lowest BCUT2D eigenvalue weighted by molar-refractivity contribution is -0.107. The molecule has 2 rings (SSSR count). The fourth-order valence-electron chi connectivity index (χ4n) is 1.41. The van der Waals surface area contributed by atoms with Crippen LogP contribution in [0, 0.1) is 18.8 Å². The normalized spacial score (nSPS) is 9.67. The van der Waals surface area contributed by atoms with Crippen molar-refractivity contribution in [1.29, 1.82) is 0 Å². The van der Waals surface area contributed by atoms with Crippen LogP contribution < -0.4 is 0 Å². The molecule has 3 nitrogen and oxygen atoms in total. The van der Waals surface area contributed by atoms with Crippen molar-refractivity contribution in [3.05, 3.63) is 29.6 Å². The fourth-order valence-corrected chi connectivity index (χ4v) is 1.41. The van der Waals surface area contributed by atoms with Crippen molar-refractivity contribution in [2.75, 3.05) is 0 Å². The van der Waals surface area contributed by atoms with E-state index in [1.54, 1.807) is 0 Å². The quantitative estimate of drug-likeness (QED) is 0.561. The SMILES string of the molecule is Cc1nc2ccc(C#CCC=O)cc2[nH]1. The zero-order valence-electron chi connectivity index (χ0n) is 8.37. The Morgan fingerprint density at radius 3 is 3.20 bits per heavy atom. The van der Waals surface area contributed by atoms with E-state index in [-0.39, 0.29) is 6.42 Å². The number of benzene rings is 1. The topological polar surface area (TPSA) is 45.8 Å². The van der Waals surface area contributed by atoms with E-state index in [4.69, 9.17) is 0 Å². The van der Waals surface area contributed by atoms with Gasteiger partial charge in [-0.3, -0.25) is 0 Å². The summed E-state index contributed by atoms with van der Waals surface area (Å²) in [7, 11) is 0. The van der Waals surface area contributed by atoms with E-state index < -0.39 is 0 Å². The minimum atomic E-state index is 0.278. The van der Waals surface area contributed by atoms with Crippen molar-refractivity contribution in [1.82, 2.24) is 9.97 Å². The van der Waals surface area contributed by atoms with Gasteiger partial charge in [0, 0.05) is 5.56 Å². The predicted molar refractivity (Wildman–Crippen MR) is 58.4 cm³/mol. The summed E-state index contributed by atoms with van der Waals surface area (Å²) in [6.45, 7) is 1.91. The Morgan fingerprint density at radius 1 is 1.53 bits per heavy atom. The number of aryl methyl sites for hydroxylation is 1. The van der Waals surface area contributed by atoms with E-state index in [2.05, 4.69) is 21.8 Å². The first-order valence-electron chi connectivity index (χ1n) is 4.68. The van der Waals surface area contributed by atoms with Crippen LogP contribution in [0.5, 0.6) is 0 Å². The van der Waals surface area contributed by atoms with Crippen LogP contribution in [0.25, 0.3) is 11.0 Å². The van der Waals surface area contributed by atoms with E-state index in [9.17, 15) is 4.79 Å². The molecular weight excluding hydrogens is 188 g/mol. The van der Waals surface area contributed by atoms with Crippen molar-refractivity contribution in [2.24, 2.45) is 0 Å². The Balaban J connectivity index is 2.39. The maximum absolute atomic E-state index is 10.1. The third-order valence-corrected chi connectivity index (χ3v) is 2.02. The second-order valence-electron chi connectivity index (χ2n) is 3.23. The number of hydrogen-bond donors (Lipinski definition) is 1. The molecule has 0 bridgehead atoms. The first-order chi connectivity index (χ1) is 7.29. The minimum absolute atomic E-state index is 0.278. The zero-order chi connectivity index (χ0) is 10.7. The Morgan fingerprint density at radius 2 is 2.40 bits per heavy atom. The van der Waals surface area contributed by atoms with Gasteiger partial charge in [0.1, 0.15) is 12.1 Å². The summed E-state index contributed by atoms with van der Waals surface area (Å²) in [4.78, 5) is 17.5. The molecule has 1 aromatic carbocycles. The van der Waals surface area contributed by atoms with Crippen LogP contribution in [0.2, 0.25) is 0 Å². The zero-order valence-corrected chi connectivity index (χ0v) is 8.37. The van der Waals surface area contributed by atoms with Crippen molar-refractivity contribution in [3.8, 4) is 11.8 Å². The van der Waals surface area contributed by atoms with Crippen molar-refractivity contribution >= 4 is 17.3 Å². The molecule has 0 aliphatic rings. The molecule has 2 aromatic rings. The van der Waals surface area contributed by atoms with Gasteiger partial charge in [-0.15, -0.1) is 0 Å². The van der Waals surface area contributed by atoms with E-state index in [1.165, 1.54) is 0 Å². The van der Waals surface area contributed by atoms with Gasteiger partial charge in [-0.05, 0) is 25.1 Å². The van der Waals surface area contributed by atoms with Crippen LogP contribution in [0.4, 0.5) is 0 Å². The lowest BCUT2D eigenvalue weighted by Gasteiger charge is -1.89. The van der Waals surface area contributed by atoms with Gasteiger partial charge in [0.05, 0.1) is 17.5 Å². The largest absolute Gasteiger partial charge is 0.342 e. The third kappa shape index (κ3) is 2.05. The van der Waals surface area contributed by atoms with Gasteiger partial charge in [-0.2, -0.15) is 0 Å². The highest BCUT2D eigenvalue weighted by Gasteiger charge is 1.98. The Labute approximate surface area is 87.5 Å². The third-order valence-electron chi connectivity index (χ3n) is 2.02. The molecule has 0 atom stereocenters. The molecule has 1 heterocycles. The number of aromatic amines is 1. The smallest absolute Gasteiger partial charge is 0.131 e. The molecule has 15 heavy (non-hydrogen) atoms. The number of carbonyl (C=O) groups is 1. The Kier molecular flexibility index (Phi) is 2.51. The first-order valence-corrected chi connectivity index (χ1v) is 4.68. The lowest BCUT2D eigenvalue weighted by Crippen LogP contribution is -1.76. The number of aromatic nitrogens is 2. The molecular formula is C12H10N2O. The monoisotopic (exact) mass is 198 g/mol. The standard InChI is InChI=1S/C12H10N2O/c1-9-13-11-6-5-10(4-2-3-7-15)8-12(11)14-9/h5-8H,3H2,1H3,(H,13,14). The van der Waals surface area contributed by atoms with Gasteiger partial charge in [0.15, 0.2) is 0 Å². The number of imidazole rings is 1. The highest BCUT2D eigenvalue weighted by atomic mass is 16.1. The second kappa shape index (κ2) is 3.97. The number of carbonyl (C=O) groups excluding carboxylic acids is 1. The molecule has 3 heteroatoms. The van der Waals surface area contributed by atoms with Crippen LogP contribution in [0.1, 0.15) is 17.8 Å². The molecule has 0 saturated heterocycles. The Hall–Kier alpha value is -2.08. The summed E-state index contributed by atoms with van der Waals surface area (Å²) in [6.07, 6.45) is 1.08.